The van der Waals surface area contributed by atoms with Gasteiger partial charge in [0, 0.05) is 5.56 Å². The SMILES string of the molecule is COc1ccccc1-c1nc(C)c(C)nc1Cl. The molecule has 0 bridgehead atoms. The van der Waals surface area contributed by atoms with Crippen molar-refractivity contribution in [3.63, 3.8) is 0 Å². The van der Waals surface area contributed by atoms with Crippen LogP contribution in [-0.4, -0.2) is 17.1 Å². The molecule has 88 valence electrons. The van der Waals surface area contributed by atoms with Crippen LogP contribution in [0.4, 0.5) is 0 Å². The quantitative estimate of drug-likeness (QED) is 0.817. The number of ether oxygens (including phenoxy) is 1. The topological polar surface area (TPSA) is 35.0 Å². The van der Waals surface area contributed by atoms with Crippen LogP contribution in [0, 0.1) is 13.8 Å². The van der Waals surface area contributed by atoms with Gasteiger partial charge in [-0.2, -0.15) is 0 Å². The summed E-state index contributed by atoms with van der Waals surface area (Å²) in [5.74, 6) is 0.743. The van der Waals surface area contributed by atoms with Crippen LogP contribution in [0.5, 0.6) is 5.75 Å². The molecular weight excluding hydrogens is 236 g/mol. The monoisotopic (exact) mass is 248 g/mol. The lowest BCUT2D eigenvalue weighted by molar-refractivity contribution is 0.416. The van der Waals surface area contributed by atoms with Crippen molar-refractivity contribution in [3.05, 3.63) is 40.8 Å². The van der Waals surface area contributed by atoms with Gasteiger partial charge in [0.15, 0.2) is 5.15 Å². The van der Waals surface area contributed by atoms with Crippen LogP contribution < -0.4 is 4.74 Å². The number of hydrogen-bond donors (Lipinski definition) is 0. The van der Waals surface area contributed by atoms with Crippen molar-refractivity contribution in [3.8, 4) is 17.0 Å². The second-order valence-electron chi connectivity index (χ2n) is 3.73. The van der Waals surface area contributed by atoms with E-state index in [4.69, 9.17) is 16.3 Å². The number of hydrogen-bond acceptors (Lipinski definition) is 3. The Hall–Kier alpha value is -1.61. The molecule has 0 fully saturated rings. The zero-order chi connectivity index (χ0) is 12.4. The van der Waals surface area contributed by atoms with Gasteiger partial charge in [0.1, 0.15) is 11.4 Å². The summed E-state index contributed by atoms with van der Waals surface area (Å²) in [4.78, 5) is 8.75. The molecule has 0 unspecified atom stereocenters. The third-order valence-electron chi connectivity index (χ3n) is 2.63. The van der Waals surface area contributed by atoms with Gasteiger partial charge < -0.3 is 4.74 Å². The third kappa shape index (κ3) is 2.24. The number of aromatic nitrogens is 2. The molecule has 4 heteroatoms. The summed E-state index contributed by atoms with van der Waals surface area (Å²) in [5, 5.41) is 0.401. The first-order valence-corrected chi connectivity index (χ1v) is 5.65. The molecule has 0 aliphatic heterocycles. The van der Waals surface area contributed by atoms with E-state index in [2.05, 4.69) is 9.97 Å². The molecule has 0 aliphatic rings. The van der Waals surface area contributed by atoms with E-state index in [1.807, 2.05) is 38.1 Å². The Morgan fingerprint density at radius 1 is 1.06 bits per heavy atom. The lowest BCUT2D eigenvalue weighted by Crippen LogP contribution is -1.97. The number of methoxy groups -OCH3 is 1. The maximum Gasteiger partial charge on any atom is 0.155 e. The van der Waals surface area contributed by atoms with Crippen molar-refractivity contribution in [1.29, 1.82) is 0 Å². The molecular formula is C13H13ClN2O. The minimum Gasteiger partial charge on any atom is -0.496 e. The third-order valence-corrected chi connectivity index (χ3v) is 2.89. The van der Waals surface area contributed by atoms with Gasteiger partial charge in [-0.05, 0) is 26.0 Å². The highest BCUT2D eigenvalue weighted by molar-refractivity contribution is 6.31. The Kier molecular flexibility index (Phi) is 3.29. The van der Waals surface area contributed by atoms with Crippen LogP contribution in [-0.2, 0) is 0 Å². The number of nitrogens with zero attached hydrogens (tertiary/aromatic N) is 2. The first-order chi connectivity index (χ1) is 8.13. The van der Waals surface area contributed by atoms with Crippen LogP contribution in [0.2, 0.25) is 5.15 Å². The highest BCUT2D eigenvalue weighted by Crippen LogP contribution is 2.32. The van der Waals surface area contributed by atoms with Crippen molar-refractivity contribution >= 4 is 11.6 Å². The Labute approximate surface area is 105 Å². The van der Waals surface area contributed by atoms with Crippen molar-refractivity contribution in [1.82, 2.24) is 9.97 Å². The molecule has 2 aromatic rings. The summed E-state index contributed by atoms with van der Waals surface area (Å²) in [5.41, 5.74) is 3.23. The van der Waals surface area contributed by atoms with E-state index in [-0.39, 0.29) is 0 Å². The van der Waals surface area contributed by atoms with Crippen LogP contribution >= 0.6 is 11.6 Å². The fourth-order valence-corrected chi connectivity index (χ4v) is 1.86. The zero-order valence-electron chi connectivity index (χ0n) is 9.99. The number of rotatable bonds is 2. The Morgan fingerprint density at radius 2 is 1.71 bits per heavy atom. The van der Waals surface area contributed by atoms with Crippen molar-refractivity contribution in [2.75, 3.05) is 7.11 Å². The maximum absolute atomic E-state index is 6.14. The number of benzene rings is 1. The van der Waals surface area contributed by atoms with Gasteiger partial charge in [-0.15, -0.1) is 0 Å². The van der Waals surface area contributed by atoms with Crippen LogP contribution in [0.25, 0.3) is 11.3 Å². The standard InChI is InChI=1S/C13H13ClN2O/c1-8-9(2)16-13(14)12(15-8)10-6-4-5-7-11(10)17-3/h4-7H,1-3H3. The zero-order valence-corrected chi connectivity index (χ0v) is 10.7. The summed E-state index contributed by atoms with van der Waals surface area (Å²) in [6.07, 6.45) is 0. The highest BCUT2D eigenvalue weighted by atomic mass is 35.5. The molecule has 0 N–H and O–H groups in total. The van der Waals surface area contributed by atoms with E-state index in [9.17, 15) is 0 Å². The fourth-order valence-electron chi connectivity index (χ4n) is 1.59. The van der Waals surface area contributed by atoms with Crippen molar-refractivity contribution in [2.45, 2.75) is 13.8 Å². The average molecular weight is 249 g/mol. The Bertz CT molecular complexity index is 555. The lowest BCUT2D eigenvalue weighted by atomic mass is 10.1. The summed E-state index contributed by atoms with van der Waals surface area (Å²) in [6.45, 7) is 3.80. The van der Waals surface area contributed by atoms with Gasteiger partial charge in [0.05, 0.1) is 18.5 Å². The lowest BCUT2D eigenvalue weighted by Gasteiger charge is -2.10. The predicted molar refractivity (Wildman–Crippen MR) is 68.5 cm³/mol. The van der Waals surface area contributed by atoms with Gasteiger partial charge in [0.2, 0.25) is 0 Å². The second kappa shape index (κ2) is 4.72. The number of halogens is 1. The average Bonchev–Trinajstić information content (AvgIpc) is 2.34. The highest BCUT2D eigenvalue weighted by Gasteiger charge is 2.13. The minimum absolute atomic E-state index is 0.401. The summed E-state index contributed by atoms with van der Waals surface area (Å²) < 4.78 is 5.30. The van der Waals surface area contributed by atoms with Gasteiger partial charge >= 0.3 is 0 Å². The van der Waals surface area contributed by atoms with Crippen LogP contribution in [0.3, 0.4) is 0 Å². The largest absolute Gasteiger partial charge is 0.496 e. The van der Waals surface area contributed by atoms with E-state index in [1.165, 1.54) is 0 Å². The number of para-hydroxylation sites is 1. The Morgan fingerprint density at radius 3 is 2.41 bits per heavy atom. The van der Waals surface area contributed by atoms with Crippen LogP contribution in [0.1, 0.15) is 11.4 Å². The molecule has 1 heterocycles. The molecule has 2 rings (SSSR count). The smallest absolute Gasteiger partial charge is 0.155 e. The van der Waals surface area contributed by atoms with E-state index >= 15 is 0 Å². The van der Waals surface area contributed by atoms with Gasteiger partial charge in [-0.25, -0.2) is 9.97 Å². The van der Waals surface area contributed by atoms with Crippen molar-refractivity contribution in [2.24, 2.45) is 0 Å². The summed E-state index contributed by atoms with van der Waals surface area (Å²) in [6, 6.07) is 7.63. The Balaban J connectivity index is 2.64. The molecule has 1 aromatic carbocycles. The molecule has 0 saturated heterocycles. The molecule has 17 heavy (non-hydrogen) atoms. The van der Waals surface area contributed by atoms with Crippen LogP contribution in [0.15, 0.2) is 24.3 Å². The molecule has 0 amide bonds. The number of aryl methyl sites for hydroxylation is 2. The van der Waals surface area contributed by atoms with E-state index < -0.39 is 0 Å². The molecule has 3 nitrogen and oxygen atoms in total. The van der Waals surface area contributed by atoms with Crippen molar-refractivity contribution < 1.29 is 4.74 Å². The fraction of sp³-hybridized carbons (Fsp3) is 0.231. The summed E-state index contributed by atoms with van der Waals surface area (Å²) >= 11 is 6.14. The normalized spacial score (nSPS) is 10.4. The first kappa shape index (κ1) is 11.9. The molecule has 0 saturated carbocycles. The van der Waals surface area contributed by atoms with E-state index in [0.717, 1.165) is 22.7 Å². The van der Waals surface area contributed by atoms with E-state index in [1.54, 1.807) is 7.11 Å². The molecule has 0 spiro atoms. The predicted octanol–water partition coefficient (Wildman–Crippen LogP) is 3.42. The van der Waals surface area contributed by atoms with Gasteiger partial charge in [0.25, 0.3) is 0 Å². The first-order valence-electron chi connectivity index (χ1n) is 5.27. The molecule has 0 aliphatic carbocycles. The maximum atomic E-state index is 6.14. The van der Waals surface area contributed by atoms with Gasteiger partial charge in [-0.1, -0.05) is 23.7 Å². The molecule has 0 radical (unpaired) electrons. The molecule has 1 aromatic heterocycles. The van der Waals surface area contributed by atoms with Gasteiger partial charge in [-0.3, -0.25) is 0 Å². The molecule has 0 atom stereocenters. The minimum atomic E-state index is 0.401. The summed E-state index contributed by atoms with van der Waals surface area (Å²) in [7, 11) is 1.63. The second-order valence-corrected chi connectivity index (χ2v) is 4.09. The van der Waals surface area contributed by atoms with E-state index in [0.29, 0.717) is 10.8 Å².